The first kappa shape index (κ1) is 12.5. The summed E-state index contributed by atoms with van der Waals surface area (Å²) in [5, 5.41) is 12.2. The number of nitrogens with zero attached hydrogens (tertiary/aromatic N) is 1. The molecule has 1 aliphatic rings. The number of rotatable bonds is 4. The maximum absolute atomic E-state index is 11.4. The predicted molar refractivity (Wildman–Crippen MR) is 59.5 cm³/mol. The lowest BCUT2D eigenvalue weighted by molar-refractivity contribution is -0.136. The van der Waals surface area contributed by atoms with Crippen molar-refractivity contribution >= 4 is 5.91 Å². The first-order valence-corrected chi connectivity index (χ1v) is 5.66. The number of carbonyl (C=O) groups is 1. The number of amides is 1. The normalized spacial score (nSPS) is 23.1. The Morgan fingerprint density at radius 3 is 2.73 bits per heavy atom. The molecular formula is C11H22N2O2. The third kappa shape index (κ3) is 3.80. The van der Waals surface area contributed by atoms with Crippen LogP contribution in [0, 0.1) is 5.92 Å². The highest BCUT2D eigenvalue weighted by atomic mass is 16.3. The Balaban J connectivity index is 2.24. The highest BCUT2D eigenvalue weighted by Gasteiger charge is 2.26. The van der Waals surface area contributed by atoms with Gasteiger partial charge in [0, 0.05) is 13.1 Å². The molecule has 2 N–H and O–H groups in total. The van der Waals surface area contributed by atoms with Crippen LogP contribution in [-0.4, -0.2) is 47.7 Å². The number of carbonyl (C=O) groups excluding carboxylic acids is 1. The number of likely N-dealkylation sites (tertiary alicyclic amines) is 1. The summed E-state index contributed by atoms with van der Waals surface area (Å²) in [6, 6.07) is 0. The standard InChI is InChI=1S/C11H22N2O2/c1-4-13-6-5-9(8-13)7-12-10(14)11(2,3)15/h9,15H,4-8H2,1-3H3,(H,12,14). The minimum absolute atomic E-state index is 0.280. The van der Waals surface area contributed by atoms with Crippen LogP contribution in [0.3, 0.4) is 0 Å². The molecule has 4 nitrogen and oxygen atoms in total. The largest absolute Gasteiger partial charge is 0.381 e. The summed E-state index contributed by atoms with van der Waals surface area (Å²) in [6.45, 7) is 9.11. The molecule has 1 fully saturated rings. The summed E-state index contributed by atoms with van der Waals surface area (Å²) in [5.74, 6) is 0.258. The molecule has 0 aromatic rings. The second-order valence-corrected chi connectivity index (χ2v) is 4.82. The second-order valence-electron chi connectivity index (χ2n) is 4.82. The summed E-state index contributed by atoms with van der Waals surface area (Å²) < 4.78 is 0. The summed E-state index contributed by atoms with van der Waals surface area (Å²) in [7, 11) is 0. The van der Waals surface area contributed by atoms with Crippen LogP contribution in [0.2, 0.25) is 0 Å². The van der Waals surface area contributed by atoms with E-state index in [4.69, 9.17) is 0 Å². The van der Waals surface area contributed by atoms with Gasteiger partial charge >= 0.3 is 0 Å². The summed E-state index contributed by atoms with van der Waals surface area (Å²) >= 11 is 0. The quantitative estimate of drug-likeness (QED) is 0.703. The number of hydrogen-bond acceptors (Lipinski definition) is 3. The SMILES string of the molecule is CCN1CCC(CNC(=O)C(C)(C)O)C1. The van der Waals surface area contributed by atoms with Gasteiger partial charge in [0.1, 0.15) is 5.60 Å². The Bertz CT molecular complexity index is 223. The van der Waals surface area contributed by atoms with Crippen molar-refractivity contribution in [2.75, 3.05) is 26.2 Å². The van der Waals surface area contributed by atoms with E-state index in [-0.39, 0.29) is 5.91 Å². The zero-order valence-electron chi connectivity index (χ0n) is 9.92. The third-order valence-electron chi connectivity index (χ3n) is 2.92. The molecule has 15 heavy (non-hydrogen) atoms. The van der Waals surface area contributed by atoms with Gasteiger partial charge in [0.15, 0.2) is 0 Å². The molecular weight excluding hydrogens is 192 g/mol. The van der Waals surface area contributed by atoms with Gasteiger partial charge in [0.05, 0.1) is 0 Å². The first-order valence-electron chi connectivity index (χ1n) is 5.66. The summed E-state index contributed by atoms with van der Waals surface area (Å²) in [6.07, 6.45) is 1.14. The average molecular weight is 214 g/mol. The van der Waals surface area contributed by atoms with Crippen molar-refractivity contribution in [2.45, 2.75) is 32.8 Å². The van der Waals surface area contributed by atoms with Crippen LogP contribution in [0.15, 0.2) is 0 Å². The molecule has 1 rings (SSSR count). The van der Waals surface area contributed by atoms with Crippen LogP contribution in [-0.2, 0) is 4.79 Å². The van der Waals surface area contributed by atoms with Crippen LogP contribution in [0.25, 0.3) is 0 Å². The van der Waals surface area contributed by atoms with Gasteiger partial charge in [-0.15, -0.1) is 0 Å². The zero-order chi connectivity index (χ0) is 11.5. The van der Waals surface area contributed by atoms with Crippen LogP contribution in [0.5, 0.6) is 0 Å². The first-order chi connectivity index (χ1) is 6.93. The van der Waals surface area contributed by atoms with E-state index in [0.717, 1.165) is 26.1 Å². The van der Waals surface area contributed by atoms with Crippen molar-refractivity contribution in [1.82, 2.24) is 10.2 Å². The average Bonchev–Trinajstić information content (AvgIpc) is 2.60. The fourth-order valence-electron chi connectivity index (χ4n) is 1.82. The molecule has 1 aliphatic heterocycles. The fourth-order valence-corrected chi connectivity index (χ4v) is 1.82. The number of nitrogens with one attached hydrogen (secondary N) is 1. The molecule has 1 amide bonds. The van der Waals surface area contributed by atoms with Gasteiger partial charge < -0.3 is 15.3 Å². The van der Waals surface area contributed by atoms with Crippen LogP contribution >= 0.6 is 0 Å². The Morgan fingerprint density at radius 1 is 1.60 bits per heavy atom. The molecule has 0 bridgehead atoms. The molecule has 0 saturated carbocycles. The van der Waals surface area contributed by atoms with Gasteiger partial charge in [-0.25, -0.2) is 0 Å². The lowest BCUT2D eigenvalue weighted by Gasteiger charge is -2.19. The molecule has 0 radical (unpaired) electrons. The molecule has 1 unspecified atom stereocenters. The van der Waals surface area contributed by atoms with Gasteiger partial charge in [-0.1, -0.05) is 6.92 Å². The topological polar surface area (TPSA) is 52.6 Å². The van der Waals surface area contributed by atoms with Gasteiger partial charge in [-0.05, 0) is 39.3 Å². The van der Waals surface area contributed by atoms with Crippen molar-refractivity contribution in [1.29, 1.82) is 0 Å². The molecule has 0 aliphatic carbocycles. The van der Waals surface area contributed by atoms with E-state index in [1.165, 1.54) is 13.8 Å². The van der Waals surface area contributed by atoms with Crippen molar-refractivity contribution in [3.63, 3.8) is 0 Å². The molecule has 1 heterocycles. The van der Waals surface area contributed by atoms with E-state index in [9.17, 15) is 9.90 Å². The van der Waals surface area contributed by atoms with Gasteiger partial charge in [-0.3, -0.25) is 4.79 Å². The molecule has 4 heteroatoms. The Labute approximate surface area is 91.6 Å². The van der Waals surface area contributed by atoms with Gasteiger partial charge in [0.25, 0.3) is 5.91 Å². The number of aliphatic hydroxyl groups is 1. The van der Waals surface area contributed by atoms with E-state index in [1.54, 1.807) is 0 Å². The van der Waals surface area contributed by atoms with E-state index in [0.29, 0.717) is 12.5 Å². The van der Waals surface area contributed by atoms with E-state index < -0.39 is 5.60 Å². The smallest absolute Gasteiger partial charge is 0.251 e. The maximum atomic E-state index is 11.4. The van der Waals surface area contributed by atoms with Crippen molar-refractivity contribution in [3.05, 3.63) is 0 Å². The van der Waals surface area contributed by atoms with Gasteiger partial charge in [-0.2, -0.15) is 0 Å². The Hall–Kier alpha value is -0.610. The monoisotopic (exact) mass is 214 g/mol. The molecule has 0 aromatic heterocycles. The minimum atomic E-state index is -1.26. The van der Waals surface area contributed by atoms with Crippen molar-refractivity contribution in [2.24, 2.45) is 5.92 Å². The van der Waals surface area contributed by atoms with E-state index >= 15 is 0 Å². The zero-order valence-corrected chi connectivity index (χ0v) is 9.92. The minimum Gasteiger partial charge on any atom is -0.381 e. The molecule has 1 saturated heterocycles. The summed E-state index contributed by atoms with van der Waals surface area (Å²) in [4.78, 5) is 13.8. The predicted octanol–water partition coefficient (Wildman–Crippen LogP) is 0.215. The van der Waals surface area contributed by atoms with Crippen molar-refractivity contribution < 1.29 is 9.90 Å². The van der Waals surface area contributed by atoms with Crippen LogP contribution in [0.4, 0.5) is 0 Å². The lowest BCUT2D eigenvalue weighted by atomic mass is 10.1. The molecule has 0 aromatic carbocycles. The fraction of sp³-hybridized carbons (Fsp3) is 0.909. The van der Waals surface area contributed by atoms with E-state index in [2.05, 4.69) is 17.1 Å². The van der Waals surface area contributed by atoms with Gasteiger partial charge in [0.2, 0.25) is 0 Å². The maximum Gasteiger partial charge on any atom is 0.251 e. The second kappa shape index (κ2) is 4.94. The lowest BCUT2D eigenvalue weighted by Crippen LogP contribution is -2.44. The summed E-state index contributed by atoms with van der Waals surface area (Å²) in [5.41, 5.74) is -1.26. The molecule has 88 valence electrons. The molecule has 1 atom stereocenters. The highest BCUT2D eigenvalue weighted by Crippen LogP contribution is 2.14. The Morgan fingerprint density at radius 2 is 2.27 bits per heavy atom. The highest BCUT2D eigenvalue weighted by molar-refractivity contribution is 5.83. The Kier molecular flexibility index (Phi) is 4.11. The molecule has 0 spiro atoms. The number of hydrogen-bond donors (Lipinski definition) is 2. The van der Waals surface area contributed by atoms with Crippen LogP contribution < -0.4 is 5.32 Å². The van der Waals surface area contributed by atoms with E-state index in [1.807, 2.05) is 0 Å². The van der Waals surface area contributed by atoms with Crippen LogP contribution in [0.1, 0.15) is 27.2 Å². The third-order valence-corrected chi connectivity index (χ3v) is 2.92. The van der Waals surface area contributed by atoms with Crippen molar-refractivity contribution in [3.8, 4) is 0 Å².